The minimum atomic E-state index is -4.38. The van der Waals surface area contributed by atoms with E-state index in [4.69, 9.17) is 5.26 Å². The van der Waals surface area contributed by atoms with E-state index in [0.717, 1.165) is 25.2 Å². The number of hydrogen-bond donors (Lipinski definition) is 0. The third-order valence-corrected chi connectivity index (χ3v) is 3.97. The number of pyridine rings is 1. The summed E-state index contributed by atoms with van der Waals surface area (Å²) in [6, 6.07) is 4.38. The van der Waals surface area contributed by atoms with Gasteiger partial charge in [0.05, 0.1) is 18.0 Å². The summed E-state index contributed by atoms with van der Waals surface area (Å²) < 4.78 is 37.9. The lowest BCUT2D eigenvalue weighted by Crippen LogP contribution is -2.31. The van der Waals surface area contributed by atoms with E-state index in [1.54, 1.807) is 6.20 Å². The van der Waals surface area contributed by atoms with Gasteiger partial charge in [-0.2, -0.15) is 18.4 Å². The second kappa shape index (κ2) is 6.93. The lowest BCUT2D eigenvalue weighted by Gasteiger charge is -2.23. The van der Waals surface area contributed by atoms with Crippen LogP contribution in [0.15, 0.2) is 30.7 Å². The van der Waals surface area contributed by atoms with Crippen LogP contribution in [0.3, 0.4) is 0 Å². The molecule has 0 aromatic carbocycles. The van der Waals surface area contributed by atoms with Crippen molar-refractivity contribution < 1.29 is 13.2 Å². The Labute approximate surface area is 142 Å². The Kier molecular flexibility index (Phi) is 4.70. The molecule has 0 unspecified atom stereocenters. The molecule has 9 heteroatoms. The largest absolute Gasteiger partial charge is 0.417 e. The molecule has 130 valence electrons. The number of rotatable bonds is 2. The average Bonchev–Trinajstić information content (AvgIpc) is 2.87. The molecule has 25 heavy (non-hydrogen) atoms. The molecule has 2 aromatic heterocycles. The second-order valence-electron chi connectivity index (χ2n) is 5.60. The van der Waals surface area contributed by atoms with Gasteiger partial charge in [-0.25, -0.2) is 15.0 Å². The van der Waals surface area contributed by atoms with Gasteiger partial charge in [-0.1, -0.05) is 0 Å². The van der Waals surface area contributed by atoms with Crippen molar-refractivity contribution in [3.63, 3.8) is 0 Å². The van der Waals surface area contributed by atoms with Gasteiger partial charge in [0, 0.05) is 32.4 Å². The number of alkyl halides is 3. The molecule has 2 aromatic rings. The summed E-state index contributed by atoms with van der Waals surface area (Å²) in [5.74, 6) is 1.21. The molecule has 0 saturated carbocycles. The van der Waals surface area contributed by atoms with Crippen molar-refractivity contribution in [2.45, 2.75) is 12.6 Å². The van der Waals surface area contributed by atoms with Gasteiger partial charge in [-0.15, -0.1) is 0 Å². The zero-order chi connectivity index (χ0) is 17.9. The summed E-state index contributed by atoms with van der Waals surface area (Å²) in [6.45, 7) is 2.69. The lowest BCUT2D eigenvalue weighted by molar-refractivity contribution is -0.137. The summed E-state index contributed by atoms with van der Waals surface area (Å²) in [5, 5.41) is 8.76. The molecule has 1 fully saturated rings. The molecule has 0 amide bonds. The van der Waals surface area contributed by atoms with Gasteiger partial charge >= 0.3 is 6.18 Å². The number of nitrogens with zero attached hydrogens (tertiary/aromatic N) is 6. The summed E-state index contributed by atoms with van der Waals surface area (Å²) in [4.78, 5) is 16.2. The highest BCUT2D eigenvalue weighted by Crippen LogP contribution is 2.29. The van der Waals surface area contributed by atoms with Crippen molar-refractivity contribution in [3.05, 3.63) is 42.0 Å². The molecule has 0 atom stereocenters. The molecule has 1 saturated heterocycles. The van der Waals surface area contributed by atoms with Gasteiger partial charge in [0.1, 0.15) is 17.7 Å². The molecule has 3 rings (SSSR count). The van der Waals surface area contributed by atoms with Crippen LogP contribution in [0.25, 0.3) is 0 Å². The fourth-order valence-electron chi connectivity index (χ4n) is 2.66. The van der Waals surface area contributed by atoms with Crippen LogP contribution in [-0.2, 0) is 6.18 Å². The maximum absolute atomic E-state index is 12.6. The highest BCUT2D eigenvalue weighted by atomic mass is 19.4. The van der Waals surface area contributed by atoms with Gasteiger partial charge < -0.3 is 9.80 Å². The quantitative estimate of drug-likeness (QED) is 0.831. The topological polar surface area (TPSA) is 68.9 Å². The monoisotopic (exact) mass is 348 g/mol. The van der Waals surface area contributed by atoms with Crippen molar-refractivity contribution in [1.29, 1.82) is 5.26 Å². The average molecular weight is 348 g/mol. The predicted molar refractivity (Wildman–Crippen MR) is 85.0 cm³/mol. The Morgan fingerprint density at radius 3 is 2.08 bits per heavy atom. The third-order valence-electron chi connectivity index (χ3n) is 3.97. The lowest BCUT2D eigenvalue weighted by atomic mass is 10.2. The van der Waals surface area contributed by atoms with E-state index in [-0.39, 0.29) is 5.69 Å². The molecular formula is C16H15F3N6. The first kappa shape index (κ1) is 17.0. The fraction of sp³-hybridized carbons (Fsp3) is 0.375. The van der Waals surface area contributed by atoms with Gasteiger partial charge in [0.25, 0.3) is 0 Å². The van der Waals surface area contributed by atoms with E-state index in [1.807, 2.05) is 15.9 Å². The second-order valence-corrected chi connectivity index (χ2v) is 5.60. The molecule has 1 aliphatic rings. The minimum absolute atomic E-state index is 0.258. The third kappa shape index (κ3) is 3.96. The Hall–Kier alpha value is -2.89. The van der Waals surface area contributed by atoms with Crippen LogP contribution in [-0.4, -0.2) is 41.1 Å². The standard InChI is InChI=1S/C16H15F3N6/c17-16(18,19)12-2-3-14(22-9-12)24-4-1-5-25(7-6-24)15-11-21-13(8-20)10-23-15/h2-3,9-11H,1,4-7H2. The maximum Gasteiger partial charge on any atom is 0.417 e. The van der Waals surface area contributed by atoms with Gasteiger partial charge in [0.2, 0.25) is 0 Å². The number of hydrogen-bond acceptors (Lipinski definition) is 6. The van der Waals surface area contributed by atoms with Crippen molar-refractivity contribution in [2.24, 2.45) is 0 Å². The highest BCUT2D eigenvalue weighted by molar-refractivity contribution is 5.43. The van der Waals surface area contributed by atoms with E-state index in [0.29, 0.717) is 31.3 Å². The van der Waals surface area contributed by atoms with Crippen LogP contribution in [0.4, 0.5) is 24.8 Å². The van der Waals surface area contributed by atoms with Gasteiger partial charge in [-0.3, -0.25) is 0 Å². The summed E-state index contributed by atoms with van der Waals surface area (Å²) >= 11 is 0. The van der Waals surface area contributed by atoms with Crippen molar-refractivity contribution in [3.8, 4) is 6.07 Å². The molecule has 1 aliphatic heterocycles. The zero-order valence-electron chi connectivity index (χ0n) is 13.2. The van der Waals surface area contributed by atoms with Crippen LogP contribution in [0.1, 0.15) is 17.7 Å². The van der Waals surface area contributed by atoms with Crippen LogP contribution >= 0.6 is 0 Å². The first-order chi connectivity index (χ1) is 12.0. The number of halogens is 3. The van der Waals surface area contributed by atoms with Crippen LogP contribution in [0.2, 0.25) is 0 Å². The Bertz CT molecular complexity index is 751. The number of anilines is 2. The fourth-order valence-corrected chi connectivity index (χ4v) is 2.66. The molecule has 0 spiro atoms. The number of aromatic nitrogens is 3. The van der Waals surface area contributed by atoms with E-state index in [2.05, 4.69) is 15.0 Å². The number of nitriles is 1. The van der Waals surface area contributed by atoms with Crippen molar-refractivity contribution >= 4 is 11.6 Å². The van der Waals surface area contributed by atoms with Crippen molar-refractivity contribution in [1.82, 2.24) is 15.0 Å². The highest BCUT2D eigenvalue weighted by Gasteiger charge is 2.31. The van der Waals surface area contributed by atoms with E-state index >= 15 is 0 Å². The Morgan fingerprint density at radius 1 is 0.880 bits per heavy atom. The minimum Gasteiger partial charge on any atom is -0.355 e. The molecule has 0 N–H and O–H groups in total. The first-order valence-corrected chi connectivity index (χ1v) is 7.72. The predicted octanol–water partition coefficient (Wildman–Crippen LogP) is 2.48. The normalized spacial score (nSPS) is 15.6. The summed E-state index contributed by atoms with van der Waals surface area (Å²) in [6.07, 6.45) is 0.282. The van der Waals surface area contributed by atoms with Gasteiger partial charge in [0.15, 0.2) is 5.69 Å². The molecule has 0 bridgehead atoms. The van der Waals surface area contributed by atoms with Crippen LogP contribution < -0.4 is 9.80 Å². The first-order valence-electron chi connectivity index (χ1n) is 7.72. The van der Waals surface area contributed by atoms with Crippen LogP contribution in [0.5, 0.6) is 0 Å². The molecule has 6 nitrogen and oxygen atoms in total. The van der Waals surface area contributed by atoms with E-state index in [9.17, 15) is 13.2 Å². The molecule has 0 radical (unpaired) electrons. The summed E-state index contributed by atoms with van der Waals surface area (Å²) in [5.41, 5.74) is -0.491. The van der Waals surface area contributed by atoms with Crippen LogP contribution in [0, 0.1) is 11.3 Å². The Morgan fingerprint density at radius 2 is 1.56 bits per heavy atom. The zero-order valence-corrected chi connectivity index (χ0v) is 13.2. The maximum atomic E-state index is 12.6. The molecular weight excluding hydrogens is 333 g/mol. The van der Waals surface area contributed by atoms with E-state index < -0.39 is 11.7 Å². The van der Waals surface area contributed by atoms with E-state index in [1.165, 1.54) is 12.3 Å². The van der Waals surface area contributed by atoms with Gasteiger partial charge in [-0.05, 0) is 18.6 Å². The summed E-state index contributed by atoms with van der Waals surface area (Å²) in [7, 11) is 0. The van der Waals surface area contributed by atoms with Crippen molar-refractivity contribution in [2.75, 3.05) is 36.0 Å². The molecule has 3 heterocycles. The Balaban J connectivity index is 1.68. The SMILES string of the molecule is N#Cc1cnc(N2CCCN(c3ccc(C(F)(F)F)cn3)CC2)cn1. The molecule has 0 aliphatic carbocycles. The smallest absolute Gasteiger partial charge is 0.355 e.